The molecule has 0 spiro atoms. The predicted molar refractivity (Wildman–Crippen MR) is 86.7 cm³/mol. The first kappa shape index (κ1) is 15.9. The molecule has 0 saturated heterocycles. The third-order valence-electron chi connectivity index (χ3n) is 3.96. The highest BCUT2D eigenvalue weighted by Crippen LogP contribution is 2.39. The Morgan fingerprint density at radius 2 is 2.10 bits per heavy atom. The van der Waals surface area contributed by atoms with Gasteiger partial charge in [-0.05, 0) is 31.6 Å². The number of hydrogen-bond donors (Lipinski definition) is 0. The maximum Gasteiger partial charge on any atom is 0.0853 e. The van der Waals surface area contributed by atoms with Crippen molar-refractivity contribution in [3.8, 4) is 0 Å². The van der Waals surface area contributed by atoms with Gasteiger partial charge in [0, 0.05) is 13.0 Å². The van der Waals surface area contributed by atoms with Crippen LogP contribution in [-0.2, 0) is 19.4 Å². The molecule has 1 aromatic rings. The molecule has 0 aliphatic heterocycles. The SMILES string of the molecule is CCc1nn(CC)c(CC2=CC(Cl)CC(C)(C)C2)c1Cl. The predicted octanol–water partition coefficient (Wildman–Crippen LogP) is 5.02. The monoisotopic (exact) mass is 314 g/mol. The lowest BCUT2D eigenvalue weighted by atomic mass is 9.76. The molecule has 0 amide bonds. The Labute approximate surface area is 132 Å². The number of nitrogens with zero attached hydrogens (tertiary/aromatic N) is 2. The highest BCUT2D eigenvalue weighted by atomic mass is 35.5. The summed E-state index contributed by atoms with van der Waals surface area (Å²) < 4.78 is 2.03. The topological polar surface area (TPSA) is 17.8 Å². The minimum Gasteiger partial charge on any atom is -0.268 e. The van der Waals surface area contributed by atoms with Crippen LogP contribution in [-0.4, -0.2) is 15.2 Å². The second-order valence-electron chi connectivity index (χ2n) is 6.44. The van der Waals surface area contributed by atoms with E-state index in [2.05, 4.69) is 38.9 Å². The number of aromatic nitrogens is 2. The summed E-state index contributed by atoms with van der Waals surface area (Å²) in [6.45, 7) is 9.62. The third-order valence-corrected chi connectivity index (χ3v) is 4.67. The molecule has 0 aromatic carbocycles. The largest absolute Gasteiger partial charge is 0.268 e. The van der Waals surface area contributed by atoms with Crippen LogP contribution >= 0.6 is 23.2 Å². The van der Waals surface area contributed by atoms with Crippen LogP contribution in [0.5, 0.6) is 0 Å². The molecule has 0 fully saturated rings. The van der Waals surface area contributed by atoms with E-state index in [-0.39, 0.29) is 10.8 Å². The highest BCUT2D eigenvalue weighted by molar-refractivity contribution is 6.32. The number of rotatable bonds is 4. The minimum atomic E-state index is 0.135. The van der Waals surface area contributed by atoms with E-state index < -0.39 is 0 Å². The molecule has 0 bridgehead atoms. The van der Waals surface area contributed by atoms with Crippen LogP contribution < -0.4 is 0 Å². The normalized spacial score (nSPS) is 21.9. The van der Waals surface area contributed by atoms with E-state index in [0.29, 0.717) is 0 Å². The van der Waals surface area contributed by atoms with E-state index in [9.17, 15) is 0 Å². The van der Waals surface area contributed by atoms with Gasteiger partial charge in [-0.15, -0.1) is 11.6 Å². The number of hydrogen-bond acceptors (Lipinski definition) is 1. The molecule has 0 saturated carbocycles. The molecular weight excluding hydrogens is 291 g/mol. The van der Waals surface area contributed by atoms with Gasteiger partial charge in [-0.3, -0.25) is 4.68 Å². The zero-order chi connectivity index (χ0) is 14.9. The Morgan fingerprint density at radius 3 is 2.65 bits per heavy atom. The summed E-state index contributed by atoms with van der Waals surface area (Å²) in [6, 6.07) is 0. The molecular formula is C16H24Cl2N2. The van der Waals surface area contributed by atoms with Crippen molar-refractivity contribution < 1.29 is 0 Å². The van der Waals surface area contributed by atoms with Gasteiger partial charge in [-0.2, -0.15) is 5.10 Å². The molecule has 1 aliphatic carbocycles. The Hall–Kier alpha value is -0.470. The second kappa shape index (κ2) is 6.11. The van der Waals surface area contributed by atoms with Gasteiger partial charge in [-0.1, -0.05) is 44.0 Å². The third kappa shape index (κ3) is 3.40. The van der Waals surface area contributed by atoms with Crippen LogP contribution in [0.3, 0.4) is 0 Å². The van der Waals surface area contributed by atoms with Gasteiger partial charge in [0.05, 0.1) is 21.8 Å². The number of alkyl halides is 1. The quantitative estimate of drug-likeness (QED) is 0.564. The zero-order valence-electron chi connectivity index (χ0n) is 12.8. The first-order valence-corrected chi connectivity index (χ1v) is 8.25. The fraction of sp³-hybridized carbons (Fsp3) is 0.688. The molecule has 0 radical (unpaired) electrons. The molecule has 1 heterocycles. The smallest absolute Gasteiger partial charge is 0.0853 e. The lowest BCUT2D eigenvalue weighted by Crippen LogP contribution is -2.23. The van der Waals surface area contributed by atoms with Crippen molar-refractivity contribution in [2.75, 3.05) is 0 Å². The van der Waals surface area contributed by atoms with E-state index in [4.69, 9.17) is 23.2 Å². The maximum absolute atomic E-state index is 6.49. The van der Waals surface area contributed by atoms with Crippen molar-refractivity contribution in [1.29, 1.82) is 0 Å². The van der Waals surface area contributed by atoms with Crippen molar-refractivity contribution in [2.24, 2.45) is 5.41 Å². The molecule has 20 heavy (non-hydrogen) atoms. The summed E-state index contributed by atoms with van der Waals surface area (Å²) >= 11 is 12.9. The van der Waals surface area contributed by atoms with Gasteiger partial charge in [0.2, 0.25) is 0 Å². The molecule has 2 nitrogen and oxygen atoms in total. The summed E-state index contributed by atoms with van der Waals surface area (Å²) in [7, 11) is 0. The van der Waals surface area contributed by atoms with Crippen LogP contribution in [0.15, 0.2) is 11.6 Å². The summed E-state index contributed by atoms with van der Waals surface area (Å²) in [5.74, 6) is 0. The van der Waals surface area contributed by atoms with Gasteiger partial charge < -0.3 is 0 Å². The van der Waals surface area contributed by atoms with E-state index in [1.54, 1.807) is 0 Å². The molecule has 1 aromatic heterocycles. The second-order valence-corrected chi connectivity index (χ2v) is 7.38. The van der Waals surface area contributed by atoms with Crippen molar-refractivity contribution >= 4 is 23.2 Å². The maximum atomic E-state index is 6.49. The Bertz CT molecular complexity index is 515. The minimum absolute atomic E-state index is 0.135. The molecule has 1 unspecified atom stereocenters. The highest BCUT2D eigenvalue weighted by Gasteiger charge is 2.28. The fourth-order valence-electron chi connectivity index (χ4n) is 3.11. The van der Waals surface area contributed by atoms with Gasteiger partial charge in [0.15, 0.2) is 0 Å². The lowest BCUT2D eigenvalue weighted by molar-refractivity contribution is 0.320. The summed E-state index contributed by atoms with van der Waals surface area (Å²) in [5, 5.41) is 5.57. The number of allylic oxidation sites excluding steroid dienone is 2. The van der Waals surface area contributed by atoms with Gasteiger partial charge >= 0.3 is 0 Å². The van der Waals surface area contributed by atoms with E-state index in [1.165, 1.54) is 5.57 Å². The van der Waals surface area contributed by atoms with Crippen LogP contribution in [0, 0.1) is 5.41 Å². The Morgan fingerprint density at radius 1 is 1.40 bits per heavy atom. The molecule has 4 heteroatoms. The first-order chi connectivity index (χ1) is 9.36. The molecule has 1 atom stereocenters. The van der Waals surface area contributed by atoms with Crippen LogP contribution in [0.25, 0.3) is 0 Å². The molecule has 0 N–H and O–H groups in total. The Balaban J connectivity index is 2.28. The zero-order valence-corrected chi connectivity index (χ0v) is 14.4. The molecule has 1 aliphatic rings. The van der Waals surface area contributed by atoms with Gasteiger partial charge in [0.1, 0.15) is 0 Å². The summed E-state index contributed by atoms with van der Waals surface area (Å²) in [4.78, 5) is 0. The van der Waals surface area contributed by atoms with Crippen molar-refractivity contribution in [2.45, 2.75) is 65.3 Å². The molecule has 112 valence electrons. The first-order valence-electron chi connectivity index (χ1n) is 7.44. The summed E-state index contributed by atoms with van der Waals surface area (Å²) in [5.41, 5.74) is 3.80. The number of halogens is 2. The van der Waals surface area contributed by atoms with Crippen LogP contribution in [0.4, 0.5) is 0 Å². The van der Waals surface area contributed by atoms with Gasteiger partial charge in [0.25, 0.3) is 0 Å². The standard InChI is InChI=1S/C16H24Cl2N2/c1-5-13-15(18)14(20(6-2)19-13)8-11-7-12(17)10-16(3,4)9-11/h7,12H,5-6,8-10H2,1-4H3. The summed E-state index contributed by atoms with van der Waals surface area (Å²) in [6.07, 6.45) is 6.08. The Kier molecular flexibility index (Phi) is 4.86. The number of aryl methyl sites for hydroxylation is 2. The van der Waals surface area contributed by atoms with Gasteiger partial charge in [-0.25, -0.2) is 0 Å². The van der Waals surface area contributed by atoms with E-state index in [0.717, 1.165) is 48.6 Å². The van der Waals surface area contributed by atoms with Crippen molar-refractivity contribution in [3.63, 3.8) is 0 Å². The van der Waals surface area contributed by atoms with Crippen LogP contribution in [0.2, 0.25) is 5.02 Å². The fourth-order valence-corrected chi connectivity index (χ4v) is 4.04. The molecule has 2 rings (SSSR count). The van der Waals surface area contributed by atoms with Crippen molar-refractivity contribution in [1.82, 2.24) is 9.78 Å². The average molecular weight is 315 g/mol. The average Bonchev–Trinajstić information content (AvgIpc) is 2.63. The van der Waals surface area contributed by atoms with E-state index in [1.807, 2.05) is 4.68 Å². The lowest BCUT2D eigenvalue weighted by Gasteiger charge is -2.32. The van der Waals surface area contributed by atoms with E-state index >= 15 is 0 Å². The van der Waals surface area contributed by atoms with Crippen molar-refractivity contribution in [3.05, 3.63) is 28.1 Å². The van der Waals surface area contributed by atoms with Crippen LogP contribution in [0.1, 0.15) is 51.9 Å².